The summed E-state index contributed by atoms with van der Waals surface area (Å²) in [7, 11) is 1.88. The van der Waals surface area contributed by atoms with Crippen LogP contribution in [0.5, 0.6) is 5.75 Å². The van der Waals surface area contributed by atoms with Crippen molar-refractivity contribution in [3.05, 3.63) is 82.0 Å². The molecule has 6 heterocycles. The first-order valence-corrected chi connectivity index (χ1v) is 19.4. The van der Waals surface area contributed by atoms with Crippen molar-refractivity contribution in [3.8, 4) is 28.1 Å². The van der Waals surface area contributed by atoms with Crippen molar-refractivity contribution >= 4 is 35.0 Å². The minimum absolute atomic E-state index is 0.0434. The monoisotopic (exact) mass is 786 g/mol. The summed E-state index contributed by atoms with van der Waals surface area (Å²) < 4.78 is 34.1. The zero-order valence-corrected chi connectivity index (χ0v) is 32.5. The molecule has 15 heteroatoms. The van der Waals surface area contributed by atoms with Crippen LogP contribution < -0.4 is 15.4 Å². The van der Waals surface area contributed by atoms with Gasteiger partial charge in [-0.3, -0.25) is 29.2 Å². The summed E-state index contributed by atoms with van der Waals surface area (Å²) in [6, 6.07) is 12.8. The third-order valence-corrected chi connectivity index (χ3v) is 12.3. The average molecular weight is 787 g/mol. The molecule has 1 spiro atoms. The fourth-order valence-electron chi connectivity index (χ4n) is 8.97. The summed E-state index contributed by atoms with van der Waals surface area (Å²) in [5, 5.41) is 6.29. The molecule has 0 saturated carbocycles. The molecule has 4 aliphatic rings. The fraction of sp³-hybridized carbons (Fsp3) is 0.439. The summed E-state index contributed by atoms with van der Waals surface area (Å²) in [6.07, 6.45) is 4.74. The Labute approximate surface area is 329 Å². The van der Waals surface area contributed by atoms with Gasteiger partial charge in [0.1, 0.15) is 5.75 Å². The lowest BCUT2D eigenvalue weighted by Crippen LogP contribution is -2.56. The first-order chi connectivity index (χ1) is 26.9. The summed E-state index contributed by atoms with van der Waals surface area (Å²) >= 11 is 7.05. The molecule has 2 aromatic heterocycles. The molecular weight excluding hydrogens is 742 g/mol. The Hall–Kier alpha value is -4.92. The smallest absolute Gasteiger partial charge is 0.387 e. The van der Waals surface area contributed by atoms with Crippen LogP contribution in [0.3, 0.4) is 0 Å². The number of carbonyl (C=O) groups excluding carboxylic acids is 3. The molecular formula is C41H45ClF2N8O4. The van der Waals surface area contributed by atoms with Crippen molar-refractivity contribution < 1.29 is 27.9 Å². The zero-order valence-electron chi connectivity index (χ0n) is 31.7. The van der Waals surface area contributed by atoms with Crippen molar-refractivity contribution in [3.63, 3.8) is 0 Å². The molecule has 0 unspecified atom stereocenters. The predicted molar refractivity (Wildman–Crippen MR) is 207 cm³/mol. The second-order valence-corrected chi connectivity index (χ2v) is 16.0. The molecule has 2 aromatic carbocycles. The maximum Gasteiger partial charge on any atom is 0.387 e. The number of nitrogens with zero attached hydrogens (tertiary/aromatic N) is 6. The highest BCUT2D eigenvalue weighted by atomic mass is 35.5. The second-order valence-electron chi connectivity index (χ2n) is 15.6. The minimum Gasteiger partial charge on any atom is -0.434 e. The number of pyridine rings is 1. The van der Waals surface area contributed by atoms with Crippen LogP contribution in [0.2, 0.25) is 5.02 Å². The molecule has 4 aliphatic heterocycles. The summed E-state index contributed by atoms with van der Waals surface area (Å²) in [6.45, 7) is 5.99. The normalized spacial score (nSPS) is 18.6. The highest BCUT2D eigenvalue weighted by Crippen LogP contribution is 2.41. The number of carbonyl (C=O) groups is 3. The molecule has 0 bridgehead atoms. The van der Waals surface area contributed by atoms with Gasteiger partial charge in [0.2, 0.25) is 11.8 Å². The van der Waals surface area contributed by atoms with Crippen LogP contribution in [0.4, 0.5) is 14.5 Å². The van der Waals surface area contributed by atoms with Gasteiger partial charge in [-0.25, -0.2) is 4.98 Å². The quantitative estimate of drug-likeness (QED) is 0.223. The minimum atomic E-state index is -3.02. The molecule has 3 saturated heterocycles. The van der Waals surface area contributed by atoms with Crippen molar-refractivity contribution in [2.45, 2.75) is 65.3 Å². The van der Waals surface area contributed by atoms with E-state index in [4.69, 9.17) is 21.3 Å². The molecule has 0 radical (unpaired) electrons. The fourth-order valence-corrected chi connectivity index (χ4v) is 9.29. The van der Waals surface area contributed by atoms with Gasteiger partial charge in [-0.15, -0.1) is 0 Å². The lowest BCUT2D eigenvalue weighted by Gasteiger charge is -2.47. The second kappa shape index (κ2) is 15.2. The number of ether oxygens (including phenoxy) is 1. The Morgan fingerprint density at radius 3 is 2.61 bits per heavy atom. The molecule has 4 aromatic rings. The number of piperidine rings is 1. The van der Waals surface area contributed by atoms with Gasteiger partial charge in [0, 0.05) is 125 Å². The summed E-state index contributed by atoms with van der Waals surface area (Å²) in [5.41, 5.74) is 6.21. The van der Waals surface area contributed by atoms with Gasteiger partial charge in [0.25, 0.3) is 5.91 Å². The van der Waals surface area contributed by atoms with Crippen LogP contribution in [0.15, 0.2) is 48.7 Å². The third-order valence-electron chi connectivity index (χ3n) is 11.9. The lowest BCUT2D eigenvalue weighted by molar-refractivity contribution is -0.130. The SMILES string of the molecule is CC(=O)N1CCC(N2CCc3c(nc(C(=O)Nc4cccc(-c5ccnc(-c6ccc(CN7CC8(CNC(=O)C8)C7)c(OC(F)F)c6)c5Cl)c4C)n3C)C2)CC1. The Morgan fingerprint density at radius 1 is 1.11 bits per heavy atom. The van der Waals surface area contributed by atoms with E-state index in [1.807, 2.05) is 41.6 Å². The van der Waals surface area contributed by atoms with Gasteiger partial charge < -0.3 is 24.8 Å². The van der Waals surface area contributed by atoms with Crippen molar-refractivity contribution in [1.82, 2.24) is 34.6 Å². The van der Waals surface area contributed by atoms with E-state index in [1.54, 1.807) is 37.4 Å². The first kappa shape index (κ1) is 38.0. The number of aromatic nitrogens is 3. The van der Waals surface area contributed by atoms with Crippen LogP contribution >= 0.6 is 11.6 Å². The zero-order chi connectivity index (χ0) is 39.3. The molecule has 0 aliphatic carbocycles. The van der Waals surface area contributed by atoms with Crippen LogP contribution in [0.25, 0.3) is 22.4 Å². The topological polar surface area (TPSA) is 125 Å². The van der Waals surface area contributed by atoms with Crippen molar-refractivity contribution in [1.29, 1.82) is 0 Å². The van der Waals surface area contributed by atoms with E-state index < -0.39 is 6.61 Å². The highest BCUT2D eigenvalue weighted by Gasteiger charge is 2.48. The maximum atomic E-state index is 13.8. The van der Waals surface area contributed by atoms with Crippen LogP contribution in [-0.2, 0) is 36.1 Å². The Balaban J connectivity index is 0.986. The number of nitrogens with one attached hydrogen (secondary N) is 2. The van der Waals surface area contributed by atoms with E-state index in [2.05, 4.69) is 25.4 Å². The van der Waals surface area contributed by atoms with Gasteiger partial charge >= 0.3 is 6.61 Å². The highest BCUT2D eigenvalue weighted by molar-refractivity contribution is 6.35. The van der Waals surface area contributed by atoms with E-state index in [9.17, 15) is 23.2 Å². The maximum absolute atomic E-state index is 13.8. The number of fused-ring (bicyclic) bond motifs is 1. The average Bonchev–Trinajstić information content (AvgIpc) is 3.72. The molecule has 56 heavy (non-hydrogen) atoms. The van der Waals surface area contributed by atoms with E-state index in [-0.39, 0.29) is 28.9 Å². The van der Waals surface area contributed by atoms with Gasteiger partial charge in [-0.2, -0.15) is 8.78 Å². The number of likely N-dealkylation sites (tertiary alicyclic amines) is 2. The van der Waals surface area contributed by atoms with Gasteiger partial charge in [0.05, 0.1) is 16.4 Å². The Morgan fingerprint density at radius 2 is 1.89 bits per heavy atom. The number of benzene rings is 2. The van der Waals surface area contributed by atoms with Crippen LogP contribution in [0, 0.1) is 12.3 Å². The van der Waals surface area contributed by atoms with Crippen molar-refractivity contribution in [2.75, 3.05) is 44.6 Å². The van der Waals surface area contributed by atoms with Crippen LogP contribution in [0.1, 0.15) is 59.3 Å². The molecule has 12 nitrogen and oxygen atoms in total. The number of alkyl halides is 2. The number of hydrogen-bond acceptors (Lipinski definition) is 8. The largest absolute Gasteiger partial charge is 0.434 e. The van der Waals surface area contributed by atoms with E-state index in [0.29, 0.717) is 84.1 Å². The van der Waals surface area contributed by atoms with Crippen LogP contribution in [-0.4, -0.2) is 98.9 Å². The molecule has 294 valence electrons. The Bertz CT molecular complexity index is 2200. The van der Waals surface area contributed by atoms with Crippen molar-refractivity contribution in [2.24, 2.45) is 12.5 Å². The molecule has 0 atom stereocenters. The summed E-state index contributed by atoms with van der Waals surface area (Å²) in [5.74, 6) is 0.223. The predicted octanol–water partition coefficient (Wildman–Crippen LogP) is 5.66. The summed E-state index contributed by atoms with van der Waals surface area (Å²) in [4.78, 5) is 53.2. The number of halogens is 3. The van der Waals surface area contributed by atoms with E-state index >= 15 is 0 Å². The number of amides is 3. The third kappa shape index (κ3) is 7.37. The first-order valence-electron chi connectivity index (χ1n) is 19.0. The number of anilines is 1. The van der Waals surface area contributed by atoms with Gasteiger partial charge in [-0.05, 0) is 49.1 Å². The van der Waals surface area contributed by atoms with E-state index in [1.165, 1.54) is 0 Å². The standard InChI is InChI=1S/C41H45ClF2N8O4/c1-24-29(5-4-6-31(24)48-39(55)38-47-32-20-52(16-12-33(32)49(38)3)28-10-14-51(15-11-28)25(2)53)30-9-13-45-37(36(30)42)26-7-8-27(34(17-26)56-40(43)44)19-50-22-41(23-50)18-35(54)46-21-41/h4-9,13,17,28,40H,10-12,14-16,18-23H2,1-3H3,(H,46,54)(H,48,55). The van der Waals surface area contributed by atoms with E-state index in [0.717, 1.165) is 61.4 Å². The molecule has 3 amide bonds. The molecule has 3 fully saturated rings. The van der Waals surface area contributed by atoms with Gasteiger partial charge in [-0.1, -0.05) is 35.9 Å². The number of hydrogen-bond donors (Lipinski definition) is 2. The number of rotatable bonds is 9. The lowest BCUT2D eigenvalue weighted by atomic mass is 9.79. The molecule has 2 N–H and O–H groups in total. The molecule has 8 rings (SSSR count). The Kier molecular flexibility index (Phi) is 10.3. The number of imidazole rings is 1. The van der Waals surface area contributed by atoms with Gasteiger partial charge in [0.15, 0.2) is 5.82 Å².